The van der Waals surface area contributed by atoms with Gasteiger partial charge in [-0.2, -0.15) is 9.97 Å². The molecule has 1 atom stereocenters. The van der Waals surface area contributed by atoms with Gasteiger partial charge in [-0.05, 0) is 39.0 Å². The molecule has 0 N–H and O–H groups in total. The molecule has 1 heterocycles. The van der Waals surface area contributed by atoms with E-state index in [9.17, 15) is 0 Å². The number of hydrogen-bond acceptors (Lipinski definition) is 8. The van der Waals surface area contributed by atoms with Crippen molar-refractivity contribution in [3.05, 3.63) is 11.8 Å². The maximum Gasteiger partial charge on any atom is 0.318 e. The molecule has 138 valence electrons. The van der Waals surface area contributed by atoms with Crippen LogP contribution in [0.3, 0.4) is 0 Å². The molecule has 0 saturated heterocycles. The molecule has 1 rings (SSSR count). The zero-order valence-corrected chi connectivity index (χ0v) is 17.7. The minimum absolute atomic E-state index is 0.293. The van der Waals surface area contributed by atoms with Crippen molar-refractivity contribution in [3.8, 4) is 6.01 Å². The summed E-state index contributed by atoms with van der Waals surface area (Å²) in [4.78, 5) is 10.9. The highest BCUT2D eigenvalue weighted by atomic mass is 32.9. The van der Waals surface area contributed by atoms with E-state index >= 15 is 0 Å². The average Bonchev–Trinajstić information content (AvgIpc) is 2.59. The molecule has 0 amide bonds. The largest absolute Gasteiger partial charge is 0.467 e. The first kappa shape index (κ1) is 21.6. The number of anilines is 1. The summed E-state index contributed by atoms with van der Waals surface area (Å²) in [6.45, 7) is 10.8. The second-order valence-corrected chi connectivity index (χ2v) is 11.3. The number of ether oxygens (including phenoxy) is 1. The maximum absolute atomic E-state index is 5.96. The van der Waals surface area contributed by atoms with E-state index in [1.165, 1.54) is 0 Å². The van der Waals surface area contributed by atoms with E-state index in [2.05, 4.69) is 35.6 Å². The van der Waals surface area contributed by atoms with E-state index in [-0.39, 0.29) is 0 Å². The fourth-order valence-corrected chi connectivity index (χ4v) is 6.47. The molecular formula is C15H28N3O3PS2. The Balaban J connectivity index is 2.92. The molecule has 6 nitrogen and oxygen atoms in total. The molecule has 0 aliphatic heterocycles. The van der Waals surface area contributed by atoms with E-state index in [0.29, 0.717) is 19.2 Å². The standard InChI is InChI=1S/C15H28N3O3PS2/c1-6-10-24-22(23,20-9-4)21-12-13-11-14(18(7-2)8-3)17-15(16-13)19-5/h11H,6-10,12H2,1-5H3/t22-/m0/s1. The van der Waals surface area contributed by atoms with Gasteiger partial charge in [0.05, 0.1) is 26.0 Å². The summed E-state index contributed by atoms with van der Waals surface area (Å²) >= 11 is 7.20. The van der Waals surface area contributed by atoms with Crippen LogP contribution in [0.25, 0.3) is 0 Å². The van der Waals surface area contributed by atoms with E-state index in [4.69, 9.17) is 25.6 Å². The van der Waals surface area contributed by atoms with Crippen LogP contribution in [0.5, 0.6) is 6.01 Å². The third-order valence-electron chi connectivity index (χ3n) is 3.13. The first-order chi connectivity index (χ1) is 11.5. The summed E-state index contributed by atoms with van der Waals surface area (Å²) in [5.74, 6) is 1.76. The smallest absolute Gasteiger partial charge is 0.318 e. The second-order valence-electron chi connectivity index (χ2n) is 4.85. The SMILES string of the molecule is CCCS[P@@](=S)(OCC)OCc1cc(N(CC)CC)nc(OC)n1. The van der Waals surface area contributed by atoms with Crippen molar-refractivity contribution in [2.45, 2.75) is 40.7 Å². The second kappa shape index (κ2) is 11.3. The van der Waals surface area contributed by atoms with Gasteiger partial charge >= 0.3 is 6.01 Å². The molecule has 0 fully saturated rings. The monoisotopic (exact) mass is 393 g/mol. The number of nitrogens with zero attached hydrogens (tertiary/aromatic N) is 3. The van der Waals surface area contributed by atoms with Crippen molar-refractivity contribution in [1.82, 2.24) is 9.97 Å². The van der Waals surface area contributed by atoms with Gasteiger partial charge in [0.2, 0.25) is 5.69 Å². The van der Waals surface area contributed by atoms with E-state index in [1.807, 2.05) is 13.0 Å². The van der Waals surface area contributed by atoms with Crippen molar-refractivity contribution < 1.29 is 13.8 Å². The Bertz CT molecular complexity index is 545. The van der Waals surface area contributed by atoms with Crippen molar-refractivity contribution in [2.24, 2.45) is 0 Å². The summed E-state index contributed by atoms with van der Waals surface area (Å²) in [6, 6.07) is 2.26. The van der Waals surface area contributed by atoms with Gasteiger partial charge in [0.25, 0.3) is 0 Å². The van der Waals surface area contributed by atoms with Crippen LogP contribution in [0.15, 0.2) is 6.07 Å². The predicted octanol–water partition coefficient (Wildman–Crippen LogP) is 4.25. The van der Waals surface area contributed by atoms with Crippen LogP contribution in [-0.4, -0.2) is 42.5 Å². The van der Waals surface area contributed by atoms with Gasteiger partial charge in [-0.1, -0.05) is 18.3 Å². The highest BCUT2D eigenvalue weighted by Crippen LogP contribution is 2.61. The van der Waals surface area contributed by atoms with Crippen LogP contribution in [0, 0.1) is 0 Å². The number of hydrogen-bond donors (Lipinski definition) is 0. The molecule has 0 bridgehead atoms. The van der Waals surface area contributed by atoms with Crippen molar-refractivity contribution >= 4 is 34.7 Å². The molecule has 0 aliphatic carbocycles. The zero-order valence-electron chi connectivity index (χ0n) is 15.2. The lowest BCUT2D eigenvalue weighted by Crippen LogP contribution is -2.23. The summed E-state index contributed by atoms with van der Waals surface area (Å²) < 4.78 is 16.9. The number of aromatic nitrogens is 2. The molecule has 9 heteroatoms. The Morgan fingerprint density at radius 2 is 1.88 bits per heavy atom. The van der Waals surface area contributed by atoms with Crippen molar-refractivity contribution in [1.29, 1.82) is 0 Å². The van der Waals surface area contributed by atoms with Crippen LogP contribution >= 0.6 is 17.1 Å². The molecule has 0 unspecified atom stereocenters. The predicted molar refractivity (Wildman–Crippen MR) is 106 cm³/mol. The Hall–Kier alpha value is -0.400. The highest BCUT2D eigenvalue weighted by molar-refractivity contribution is 8.67. The molecule has 1 aromatic heterocycles. The van der Waals surface area contributed by atoms with Gasteiger partial charge in [-0.15, -0.1) is 0 Å². The van der Waals surface area contributed by atoms with Crippen molar-refractivity contribution in [2.75, 3.05) is 37.5 Å². The fraction of sp³-hybridized carbons (Fsp3) is 0.733. The minimum Gasteiger partial charge on any atom is -0.467 e. The van der Waals surface area contributed by atoms with Crippen LogP contribution in [0.1, 0.15) is 39.8 Å². The third-order valence-corrected chi connectivity index (χ3v) is 8.76. The molecule has 0 spiro atoms. The molecule has 0 radical (unpaired) electrons. The van der Waals surface area contributed by atoms with E-state index in [1.54, 1.807) is 18.5 Å². The fourth-order valence-electron chi connectivity index (χ4n) is 1.95. The van der Waals surface area contributed by atoms with Gasteiger partial charge < -0.3 is 18.7 Å². The first-order valence-electron chi connectivity index (χ1n) is 8.22. The van der Waals surface area contributed by atoms with Crippen molar-refractivity contribution in [3.63, 3.8) is 0 Å². The average molecular weight is 394 g/mol. The third kappa shape index (κ3) is 6.84. The Morgan fingerprint density at radius 3 is 2.42 bits per heavy atom. The van der Waals surface area contributed by atoms with E-state index in [0.717, 1.165) is 36.8 Å². The molecular weight excluding hydrogens is 365 g/mol. The van der Waals surface area contributed by atoms with Gasteiger partial charge in [0.1, 0.15) is 5.82 Å². The maximum atomic E-state index is 5.96. The normalized spacial score (nSPS) is 13.5. The van der Waals surface area contributed by atoms with Crippen LogP contribution < -0.4 is 9.64 Å². The lowest BCUT2D eigenvalue weighted by atomic mass is 10.3. The molecule has 24 heavy (non-hydrogen) atoms. The van der Waals surface area contributed by atoms with Crippen LogP contribution in [-0.2, 0) is 27.5 Å². The van der Waals surface area contributed by atoms with Gasteiger partial charge in [-0.3, -0.25) is 0 Å². The Morgan fingerprint density at radius 1 is 1.17 bits per heavy atom. The molecule has 0 aromatic carbocycles. The first-order valence-corrected chi connectivity index (χ1v) is 12.4. The Labute approximate surface area is 154 Å². The Kier molecular flexibility index (Phi) is 10.2. The number of methoxy groups -OCH3 is 1. The zero-order chi connectivity index (χ0) is 18.0. The lowest BCUT2D eigenvalue weighted by molar-refractivity contribution is 0.257. The van der Waals surface area contributed by atoms with E-state index < -0.39 is 5.69 Å². The van der Waals surface area contributed by atoms with Crippen LogP contribution in [0.2, 0.25) is 0 Å². The topological polar surface area (TPSA) is 56.7 Å². The summed E-state index contributed by atoms with van der Waals surface area (Å²) in [5, 5.41) is 0. The van der Waals surface area contributed by atoms with Crippen LogP contribution in [0.4, 0.5) is 5.82 Å². The van der Waals surface area contributed by atoms with Gasteiger partial charge in [-0.25, -0.2) is 0 Å². The highest BCUT2D eigenvalue weighted by Gasteiger charge is 2.20. The van der Waals surface area contributed by atoms with Gasteiger partial charge in [0, 0.05) is 24.9 Å². The molecule has 1 aromatic rings. The minimum atomic E-state index is -2.34. The van der Waals surface area contributed by atoms with Gasteiger partial charge in [0.15, 0.2) is 0 Å². The summed E-state index contributed by atoms with van der Waals surface area (Å²) in [5.41, 5.74) is -1.60. The quantitative estimate of drug-likeness (QED) is 0.489. The summed E-state index contributed by atoms with van der Waals surface area (Å²) in [7, 11) is 1.56. The summed E-state index contributed by atoms with van der Waals surface area (Å²) in [6.07, 6.45) is 1.03. The number of rotatable bonds is 12. The molecule has 0 aliphatic rings. The lowest BCUT2D eigenvalue weighted by Gasteiger charge is -2.22. The molecule has 0 saturated carbocycles.